The van der Waals surface area contributed by atoms with Gasteiger partial charge in [0.15, 0.2) is 0 Å². The van der Waals surface area contributed by atoms with E-state index in [1.165, 1.54) is 6.07 Å². The normalized spacial score (nSPS) is 16.0. The number of nitrogens with zero attached hydrogens (tertiary/aromatic N) is 3. The fourth-order valence-electron chi connectivity index (χ4n) is 3.55. The molecule has 0 radical (unpaired) electrons. The van der Waals surface area contributed by atoms with E-state index in [0.717, 1.165) is 17.4 Å². The van der Waals surface area contributed by atoms with Crippen molar-refractivity contribution in [1.82, 2.24) is 19.9 Å². The maximum atomic E-state index is 12.8. The molecule has 1 fully saturated rings. The molecule has 1 atom stereocenters. The monoisotopic (exact) mass is 405 g/mol. The summed E-state index contributed by atoms with van der Waals surface area (Å²) in [6, 6.07) is 10.4. The van der Waals surface area contributed by atoms with Gasteiger partial charge in [-0.1, -0.05) is 19.1 Å². The zero-order valence-corrected chi connectivity index (χ0v) is 16.7. The molecular formula is C22H23N5O3. The number of H-pyrrole nitrogens is 1. The van der Waals surface area contributed by atoms with Crippen molar-refractivity contribution in [3.63, 3.8) is 0 Å². The van der Waals surface area contributed by atoms with Crippen molar-refractivity contribution in [1.29, 1.82) is 0 Å². The zero-order valence-electron chi connectivity index (χ0n) is 16.7. The van der Waals surface area contributed by atoms with Crippen molar-refractivity contribution in [2.24, 2.45) is 0 Å². The Morgan fingerprint density at radius 3 is 2.77 bits per heavy atom. The third-order valence-electron chi connectivity index (χ3n) is 5.28. The smallest absolute Gasteiger partial charge is 0.253 e. The number of hydrogen-bond acceptors (Lipinski definition) is 6. The summed E-state index contributed by atoms with van der Waals surface area (Å²) in [4.78, 5) is 49.0. The molecule has 2 aromatic heterocycles. The molecule has 154 valence electrons. The maximum absolute atomic E-state index is 12.8. The molecule has 8 heteroatoms. The molecule has 3 heterocycles. The summed E-state index contributed by atoms with van der Waals surface area (Å²) in [6.45, 7) is 3.03. The van der Waals surface area contributed by atoms with Gasteiger partial charge in [0.05, 0.1) is 0 Å². The van der Waals surface area contributed by atoms with E-state index >= 15 is 0 Å². The maximum Gasteiger partial charge on any atom is 0.253 e. The number of fused-ring (bicyclic) bond motifs is 1. The number of hydrogen-bond donors (Lipinski definition) is 2. The quantitative estimate of drug-likeness (QED) is 0.651. The Morgan fingerprint density at radius 2 is 2.00 bits per heavy atom. The lowest BCUT2D eigenvalue weighted by molar-refractivity contribution is -0.118. The molecule has 8 nitrogen and oxygen atoms in total. The van der Waals surface area contributed by atoms with Gasteiger partial charge in [0.2, 0.25) is 11.5 Å². The number of carbonyl (C=O) groups is 2. The van der Waals surface area contributed by atoms with Crippen LogP contribution in [0.2, 0.25) is 0 Å². The van der Waals surface area contributed by atoms with Crippen molar-refractivity contribution in [3.8, 4) is 0 Å². The summed E-state index contributed by atoms with van der Waals surface area (Å²) in [7, 11) is 0. The predicted octanol–water partition coefficient (Wildman–Crippen LogP) is 2.17. The third kappa shape index (κ3) is 4.37. The number of pyridine rings is 1. The van der Waals surface area contributed by atoms with Gasteiger partial charge < -0.3 is 15.2 Å². The molecule has 30 heavy (non-hydrogen) atoms. The SMILES string of the molecule is CCC(=O)Cc1ccc(C(=O)N2CC[C@@H](Nc3ncc4ccc(=O)[nH]c4n3)C2)cc1. The second-order valence-electron chi connectivity index (χ2n) is 7.47. The van der Waals surface area contributed by atoms with Crippen LogP contribution in [0.25, 0.3) is 11.0 Å². The number of ketones is 1. The number of aromatic nitrogens is 3. The van der Waals surface area contributed by atoms with Crippen molar-refractivity contribution < 1.29 is 9.59 Å². The first-order valence-electron chi connectivity index (χ1n) is 10.0. The summed E-state index contributed by atoms with van der Waals surface area (Å²) in [5, 5.41) is 4.01. The molecule has 2 N–H and O–H groups in total. The average molecular weight is 405 g/mol. The number of aromatic amines is 1. The minimum absolute atomic E-state index is 0.0308. The lowest BCUT2D eigenvalue weighted by Crippen LogP contribution is -2.31. The summed E-state index contributed by atoms with van der Waals surface area (Å²) >= 11 is 0. The molecule has 1 amide bonds. The van der Waals surface area contributed by atoms with Gasteiger partial charge in [0.25, 0.3) is 5.91 Å². The van der Waals surface area contributed by atoms with Crippen LogP contribution in [0, 0.1) is 0 Å². The molecule has 4 rings (SSSR count). The van der Waals surface area contributed by atoms with Crippen LogP contribution in [0.1, 0.15) is 35.7 Å². The van der Waals surface area contributed by atoms with Crippen molar-refractivity contribution >= 4 is 28.7 Å². The van der Waals surface area contributed by atoms with Crippen LogP contribution < -0.4 is 10.9 Å². The molecule has 0 bridgehead atoms. The third-order valence-corrected chi connectivity index (χ3v) is 5.28. The van der Waals surface area contributed by atoms with Crippen molar-refractivity contribution in [3.05, 3.63) is 64.1 Å². The summed E-state index contributed by atoms with van der Waals surface area (Å²) in [6.07, 6.45) is 3.35. The number of rotatable bonds is 6. The van der Waals surface area contributed by atoms with Gasteiger partial charge in [-0.2, -0.15) is 4.98 Å². The Hall–Kier alpha value is -3.55. The fraction of sp³-hybridized carbons (Fsp3) is 0.318. The van der Waals surface area contributed by atoms with Gasteiger partial charge >= 0.3 is 0 Å². The van der Waals surface area contributed by atoms with E-state index in [9.17, 15) is 14.4 Å². The van der Waals surface area contributed by atoms with Gasteiger partial charge in [0, 0.05) is 55.2 Å². The molecule has 0 unspecified atom stereocenters. The molecule has 1 aliphatic heterocycles. The Labute approximate surface area is 173 Å². The highest BCUT2D eigenvalue weighted by Gasteiger charge is 2.27. The van der Waals surface area contributed by atoms with E-state index in [1.54, 1.807) is 29.3 Å². The second kappa shape index (κ2) is 8.44. The molecule has 1 aliphatic rings. The number of nitrogens with one attached hydrogen (secondary N) is 2. The van der Waals surface area contributed by atoms with Crippen LogP contribution in [-0.2, 0) is 11.2 Å². The lowest BCUT2D eigenvalue weighted by atomic mass is 10.1. The Bertz CT molecular complexity index is 1140. The summed E-state index contributed by atoms with van der Waals surface area (Å²) in [5.41, 5.74) is 1.80. The van der Waals surface area contributed by atoms with E-state index < -0.39 is 0 Å². The summed E-state index contributed by atoms with van der Waals surface area (Å²) < 4.78 is 0. The highest BCUT2D eigenvalue weighted by atomic mass is 16.2. The van der Waals surface area contributed by atoms with E-state index in [4.69, 9.17) is 0 Å². The van der Waals surface area contributed by atoms with E-state index in [1.807, 2.05) is 19.1 Å². The van der Waals surface area contributed by atoms with Gasteiger partial charge in [-0.15, -0.1) is 0 Å². The number of carbonyl (C=O) groups excluding carboxylic acids is 2. The second-order valence-corrected chi connectivity index (χ2v) is 7.47. The molecule has 0 aliphatic carbocycles. The van der Waals surface area contributed by atoms with E-state index in [-0.39, 0.29) is 23.3 Å². The number of likely N-dealkylation sites (tertiary alicyclic amines) is 1. The van der Waals surface area contributed by atoms with Crippen LogP contribution in [-0.4, -0.2) is 50.7 Å². The number of benzene rings is 1. The molecular weight excluding hydrogens is 382 g/mol. The molecule has 1 saturated heterocycles. The number of amides is 1. The van der Waals surface area contributed by atoms with Crippen LogP contribution in [0.5, 0.6) is 0 Å². The van der Waals surface area contributed by atoms with Gasteiger partial charge in [-0.05, 0) is 30.2 Å². The predicted molar refractivity (Wildman–Crippen MR) is 114 cm³/mol. The first-order chi connectivity index (χ1) is 14.5. The van der Waals surface area contributed by atoms with Crippen molar-refractivity contribution in [2.45, 2.75) is 32.2 Å². The highest BCUT2D eigenvalue weighted by molar-refractivity contribution is 5.94. The standard InChI is InChI=1S/C22H23N5O3/c1-2-18(28)11-14-3-5-15(6-4-14)21(30)27-10-9-17(13-27)24-22-23-12-16-7-8-19(29)25-20(16)26-22/h3-8,12,17H,2,9-11,13H2,1H3,(H2,23,24,25,26,29)/t17-/m1/s1. The highest BCUT2D eigenvalue weighted by Crippen LogP contribution is 2.18. The molecule has 0 spiro atoms. The van der Waals surface area contributed by atoms with E-state index in [2.05, 4.69) is 20.3 Å². The van der Waals surface area contributed by atoms with E-state index in [0.29, 0.717) is 43.1 Å². The zero-order chi connectivity index (χ0) is 21.1. The van der Waals surface area contributed by atoms with Crippen LogP contribution in [0.4, 0.5) is 5.95 Å². The van der Waals surface area contributed by atoms with Gasteiger partial charge in [0.1, 0.15) is 11.4 Å². The number of anilines is 1. The number of Topliss-reactive ketones (excluding diaryl/α,β-unsaturated/α-hetero) is 1. The fourth-order valence-corrected chi connectivity index (χ4v) is 3.55. The molecule has 0 saturated carbocycles. The lowest BCUT2D eigenvalue weighted by Gasteiger charge is -2.17. The largest absolute Gasteiger partial charge is 0.350 e. The summed E-state index contributed by atoms with van der Waals surface area (Å²) in [5.74, 6) is 0.576. The van der Waals surface area contributed by atoms with Crippen molar-refractivity contribution in [2.75, 3.05) is 18.4 Å². The minimum atomic E-state index is -0.213. The van der Waals surface area contributed by atoms with Crippen LogP contribution in [0.3, 0.4) is 0 Å². The first kappa shape index (κ1) is 19.8. The average Bonchev–Trinajstić information content (AvgIpc) is 3.22. The Balaban J connectivity index is 1.38. The first-order valence-corrected chi connectivity index (χ1v) is 10.0. The molecule has 3 aromatic rings. The minimum Gasteiger partial charge on any atom is -0.350 e. The Kier molecular flexibility index (Phi) is 5.56. The van der Waals surface area contributed by atoms with Gasteiger partial charge in [-0.3, -0.25) is 14.4 Å². The Morgan fingerprint density at radius 1 is 1.20 bits per heavy atom. The van der Waals surface area contributed by atoms with Crippen LogP contribution in [0.15, 0.2) is 47.4 Å². The topological polar surface area (TPSA) is 108 Å². The van der Waals surface area contributed by atoms with Crippen LogP contribution >= 0.6 is 0 Å². The van der Waals surface area contributed by atoms with Gasteiger partial charge in [-0.25, -0.2) is 4.98 Å². The molecule has 1 aromatic carbocycles.